The molecule has 0 spiro atoms. The van der Waals surface area contributed by atoms with Gasteiger partial charge in [0.1, 0.15) is 23.8 Å². The average molecular weight is 601 g/mol. The van der Waals surface area contributed by atoms with Crippen LogP contribution in [-0.2, 0) is 19.1 Å². The Bertz CT molecular complexity index is 1490. The van der Waals surface area contributed by atoms with Crippen LogP contribution in [0.25, 0.3) is 22.1 Å². The number of halogens is 2. The second-order valence-electron chi connectivity index (χ2n) is 10.7. The number of amides is 1. The molecular weight excluding hydrogens is 567 g/mol. The lowest BCUT2D eigenvalue weighted by atomic mass is 9.94. The minimum Gasteiger partial charge on any atom is -0.481 e. The van der Waals surface area contributed by atoms with Crippen LogP contribution in [0.4, 0.5) is 4.39 Å². The van der Waals surface area contributed by atoms with Gasteiger partial charge >= 0.3 is 11.6 Å². The summed E-state index contributed by atoms with van der Waals surface area (Å²) in [6, 6.07) is 10.2. The minimum atomic E-state index is -0.803. The molecule has 2 fully saturated rings. The lowest BCUT2D eigenvalue weighted by molar-refractivity contribution is -0.148. The van der Waals surface area contributed by atoms with Crippen molar-refractivity contribution in [1.82, 2.24) is 9.80 Å². The predicted octanol–water partition coefficient (Wildman–Crippen LogP) is 4.52. The van der Waals surface area contributed by atoms with Gasteiger partial charge in [0.2, 0.25) is 0 Å². The lowest BCUT2D eigenvalue weighted by Crippen LogP contribution is -2.46. The molecule has 2 atom stereocenters. The molecule has 224 valence electrons. The number of piperidine rings is 1. The van der Waals surface area contributed by atoms with Gasteiger partial charge in [0, 0.05) is 61.4 Å². The largest absolute Gasteiger partial charge is 0.481 e. The molecule has 2 unspecified atom stereocenters. The first-order chi connectivity index (χ1) is 20.3. The second-order valence-corrected chi connectivity index (χ2v) is 11.1. The summed E-state index contributed by atoms with van der Waals surface area (Å²) in [6.07, 6.45) is 1.11. The number of nitrogens with zero attached hydrogens (tertiary/aromatic N) is 2. The van der Waals surface area contributed by atoms with Crippen LogP contribution >= 0.6 is 11.6 Å². The van der Waals surface area contributed by atoms with E-state index in [1.807, 2.05) is 0 Å². The molecule has 5 rings (SSSR count). The summed E-state index contributed by atoms with van der Waals surface area (Å²) in [5.41, 5.74) is 0.646. The van der Waals surface area contributed by atoms with Crippen LogP contribution in [0.15, 0.2) is 51.7 Å². The van der Waals surface area contributed by atoms with E-state index in [0.29, 0.717) is 61.7 Å². The molecule has 42 heavy (non-hydrogen) atoms. The molecule has 2 aliphatic rings. The van der Waals surface area contributed by atoms with Gasteiger partial charge in [-0.05, 0) is 56.0 Å². The Morgan fingerprint density at radius 3 is 2.69 bits per heavy atom. The number of morpholine rings is 1. The molecule has 0 N–H and O–H groups in total. The van der Waals surface area contributed by atoms with Crippen LogP contribution in [0.2, 0.25) is 5.02 Å². The van der Waals surface area contributed by atoms with E-state index in [0.717, 1.165) is 25.9 Å². The Hall–Kier alpha value is -3.47. The van der Waals surface area contributed by atoms with Crippen molar-refractivity contribution < 1.29 is 32.6 Å². The van der Waals surface area contributed by atoms with Gasteiger partial charge in [0.05, 0.1) is 24.7 Å². The zero-order valence-corrected chi connectivity index (χ0v) is 24.2. The van der Waals surface area contributed by atoms with Gasteiger partial charge in [-0.15, -0.1) is 0 Å². The molecule has 2 saturated heterocycles. The Kier molecular flexibility index (Phi) is 9.76. The van der Waals surface area contributed by atoms with E-state index in [1.54, 1.807) is 30.0 Å². The van der Waals surface area contributed by atoms with E-state index in [-0.39, 0.29) is 34.8 Å². The molecular formula is C31H34ClFN2O7. The predicted molar refractivity (Wildman–Crippen MR) is 155 cm³/mol. The molecule has 9 nitrogen and oxygen atoms in total. The highest BCUT2D eigenvalue weighted by Gasteiger charge is 2.29. The summed E-state index contributed by atoms with van der Waals surface area (Å²) in [4.78, 5) is 41.9. The highest BCUT2D eigenvalue weighted by molar-refractivity contribution is 6.33. The number of likely N-dealkylation sites (tertiary alicyclic amines) is 1. The van der Waals surface area contributed by atoms with E-state index in [1.165, 1.54) is 24.3 Å². The highest BCUT2D eigenvalue weighted by atomic mass is 35.5. The van der Waals surface area contributed by atoms with Crippen LogP contribution in [0.3, 0.4) is 0 Å². The number of hydrogen-bond donors (Lipinski definition) is 0. The van der Waals surface area contributed by atoms with Crippen molar-refractivity contribution in [3.63, 3.8) is 0 Å². The molecule has 1 amide bonds. The third-order valence-corrected chi connectivity index (χ3v) is 7.97. The normalized spacial score (nSPS) is 18.5. The zero-order valence-electron chi connectivity index (χ0n) is 23.5. The summed E-state index contributed by atoms with van der Waals surface area (Å²) in [5.74, 6) is -0.534. The number of esters is 1. The number of carbonyl (C=O) groups is 2. The van der Waals surface area contributed by atoms with Gasteiger partial charge in [-0.3, -0.25) is 14.5 Å². The molecule has 2 aliphatic heterocycles. The molecule has 0 saturated carbocycles. The van der Waals surface area contributed by atoms with Crippen LogP contribution in [0.1, 0.15) is 26.2 Å². The number of fused-ring (bicyclic) bond motifs is 1. The summed E-state index contributed by atoms with van der Waals surface area (Å²) in [7, 11) is 0. The number of hydrogen-bond acceptors (Lipinski definition) is 8. The fourth-order valence-electron chi connectivity index (χ4n) is 5.50. The molecule has 3 aromatic rings. The molecule has 2 aromatic carbocycles. The fourth-order valence-corrected chi connectivity index (χ4v) is 5.77. The van der Waals surface area contributed by atoms with Crippen molar-refractivity contribution in [3.8, 4) is 16.9 Å². The maximum absolute atomic E-state index is 13.6. The summed E-state index contributed by atoms with van der Waals surface area (Å²) >= 11 is 6.24. The Morgan fingerprint density at radius 2 is 1.90 bits per heavy atom. The second kappa shape index (κ2) is 13.7. The van der Waals surface area contributed by atoms with Gasteiger partial charge in [-0.2, -0.15) is 0 Å². The number of ether oxygens (including phenoxy) is 3. The minimum absolute atomic E-state index is 0.0254. The van der Waals surface area contributed by atoms with E-state index >= 15 is 0 Å². The van der Waals surface area contributed by atoms with Crippen LogP contribution in [0.5, 0.6) is 5.75 Å². The SMILES string of the molecule is CC(Oc1ccc2c(-c3ccc(F)cc3Cl)cc(=O)oc2c1)C(=O)N1CCCC(CC(=O)OCCN2CCOCC2)C1. The molecule has 11 heteroatoms. The van der Waals surface area contributed by atoms with Crippen molar-refractivity contribution >= 4 is 34.4 Å². The zero-order chi connectivity index (χ0) is 29.6. The van der Waals surface area contributed by atoms with Crippen LogP contribution in [-0.4, -0.2) is 80.3 Å². The third kappa shape index (κ3) is 7.48. The summed E-state index contributed by atoms with van der Waals surface area (Å²) in [5, 5.41) is 0.757. The molecule has 0 bridgehead atoms. The first-order valence-corrected chi connectivity index (χ1v) is 14.6. The van der Waals surface area contributed by atoms with Crippen molar-refractivity contribution in [2.45, 2.75) is 32.3 Å². The fraction of sp³-hybridized carbons (Fsp3) is 0.452. The average Bonchev–Trinajstić information content (AvgIpc) is 2.97. The van der Waals surface area contributed by atoms with Crippen molar-refractivity contribution in [2.75, 3.05) is 52.5 Å². The van der Waals surface area contributed by atoms with Crippen molar-refractivity contribution in [1.29, 1.82) is 0 Å². The van der Waals surface area contributed by atoms with E-state index < -0.39 is 17.5 Å². The van der Waals surface area contributed by atoms with Crippen molar-refractivity contribution in [3.05, 3.63) is 63.7 Å². The number of rotatable bonds is 9. The number of carbonyl (C=O) groups excluding carboxylic acids is 2. The van der Waals surface area contributed by atoms with Gasteiger partial charge in [0.25, 0.3) is 5.91 Å². The molecule has 1 aromatic heterocycles. The maximum atomic E-state index is 13.6. The number of benzene rings is 2. The smallest absolute Gasteiger partial charge is 0.336 e. The van der Waals surface area contributed by atoms with Gasteiger partial charge in [0.15, 0.2) is 6.10 Å². The van der Waals surface area contributed by atoms with Gasteiger partial charge in [-0.25, -0.2) is 9.18 Å². The third-order valence-electron chi connectivity index (χ3n) is 7.66. The van der Waals surface area contributed by atoms with Crippen LogP contribution in [0, 0.1) is 11.7 Å². The van der Waals surface area contributed by atoms with Crippen molar-refractivity contribution in [2.24, 2.45) is 5.92 Å². The Morgan fingerprint density at radius 1 is 1.10 bits per heavy atom. The first-order valence-electron chi connectivity index (χ1n) is 14.2. The van der Waals surface area contributed by atoms with Gasteiger partial charge < -0.3 is 23.5 Å². The molecule has 0 radical (unpaired) electrons. The maximum Gasteiger partial charge on any atom is 0.336 e. The van der Waals surface area contributed by atoms with Gasteiger partial charge in [-0.1, -0.05) is 11.6 Å². The molecule has 3 heterocycles. The Balaban J connectivity index is 1.18. The highest BCUT2D eigenvalue weighted by Crippen LogP contribution is 2.34. The van der Waals surface area contributed by atoms with E-state index in [2.05, 4.69) is 4.90 Å². The quantitative estimate of drug-likeness (QED) is 0.261. The van der Waals surface area contributed by atoms with E-state index in [4.69, 9.17) is 30.2 Å². The summed E-state index contributed by atoms with van der Waals surface area (Å²) < 4.78 is 35.7. The lowest BCUT2D eigenvalue weighted by Gasteiger charge is -2.34. The topological polar surface area (TPSA) is 98.5 Å². The monoisotopic (exact) mass is 600 g/mol. The molecule has 0 aliphatic carbocycles. The van der Waals surface area contributed by atoms with Crippen LogP contribution < -0.4 is 10.4 Å². The standard InChI is InChI=1S/C31H34ClFN2O7/c1-20(31(38)35-8-2-3-21(19-35)15-29(36)40-14-11-34-9-12-39-13-10-34)41-23-5-7-25-26(18-30(37)42-28(25)17-23)24-6-4-22(33)16-27(24)32/h4-7,16-18,20-21H,2-3,8-15,19H2,1H3. The van der Waals surface area contributed by atoms with E-state index in [9.17, 15) is 18.8 Å². The Labute approximate surface area is 248 Å². The first kappa shape index (κ1) is 30.0. The summed E-state index contributed by atoms with van der Waals surface area (Å²) in [6.45, 7) is 6.85.